The van der Waals surface area contributed by atoms with Crippen molar-refractivity contribution in [3.05, 3.63) is 65.2 Å². The monoisotopic (exact) mass is 256 g/mol. The number of methoxy groups -OCH3 is 1. The standard InChI is InChI=1S/C17H20O2/c1-13-5-3-6-14(9-13)10-16(12-18)15-7-4-8-17(11-15)19-2/h3-9,11,16,18H,10,12H2,1-2H3. The van der Waals surface area contributed by atoms with Crippen LogP contribution in [0.5, 0.6) is 5.75 Å². The maximum atomic E-state index is 9.63. The van der Waals surface area contributed by atoms with Gasteiger partial charge in [0.05, 0.1) is 13.7 Å². The van der Waals surface area contributed by atoms with Crippen LogP contribution in [0.3, 0.4) is 0 Å². The van der Waals surface area contributed by atoms with Crippen molar-refractivity contribution in [3.63, 3.8) is 0 Å². The first-order valence-electron chi connectivity index (χ1n) is 6.53. The van der Waals surface area contributed by atoms with Gasteiger partial charge in [-0.15, -0.1) is 0 Å². The normalized spacial score (nSPS) is 12.2. The second-order valence-corrected chi connectivity index (χ2v) is 4.85. The molecule has 1 unspecified atom stereocenters. The fraction of sp³-hybridized carbons (Fsp3) is 0.294. The van der Waals surface area contributed by atoms with Gasteiger partial charge in [0.15, 0.2) is 0 Å². The summed E-state index contributed by atoms with van der Waals surface area (Å²) in [4.78, 5) is 0. The molecule has 0 bridgehead atoms. The second kappa shape index (κ2) is 6.39. The van der Waals surface area contributed by atoms with E-state index >= 15 is 0 Å². The van der Waals surface area contributed by atoms with Crippen LogP contribution < -0.4 is 4.74 Å². The van der Waals surface area contributed by atoms with E-state index in [2.05, 4.69) is 31.2 Å². The van der Waals surface area contributed by atoms with Gasteiger partial charge in [-0.1, -0.05) is 42.0 Å². The molecule has 2 nitrogen and oxygen atoms in total. The molecular weight excluding hydrogens is 236 g/mol. The van der Waals surface area contributed by atoms with Gasteiger partial charge in [0, 0.05) is 5.92 Å². The third-order valence-electron chi connectivity index (χ3n) is 3.35. The fourth-order valence-electron chi connectivity index (χ4n) is 2.31. The van der Waals surface area contributed by atoms with E-state index in [1.54, 1.807) is 7.11 Å². The predicted octanol–water partition coefficient (Wildman–Crippen LogP) is 3.32. The summed E-state index contributed by atoms with van der Waals surface area (Å²) in [7, 11) is 1.66. The SMILES string of the molecule is COc1cccc(C(CO)Cc2cccc(C)c2)c1. The van der Waals surface area contributed by atoms with Crippen molar-refractivity contribution in [1.82, 2.24) is 0 Å². The Hall–Kier alpha value is -1.80. The molecule has 2 aromatic rings. The van der Waals surface area contributed by atoms with Gasteiger partial charge in [-0.25, -0.2) is 0 Å². The average molecular weight is 256 g/mol. The molecule has 0 radical (unpaired) electrons. The summed E-state index contributed by atoms with van der Waals surface area (Å²) in [6, 6.07) is 16.3. The molecule has 0 aliphatic carbocycles. The molecule has 0 spiro atoms. The molecule has 0 amide bonds. The van der Waals surface area contributed by atoms with Gasteiger partial charge in [-0.05, 0) is 36.6 Å². The Morgan fingerprint density at radius 3 is 2.58 bits per heavy atom. The zero-order chi connectivity index (χ0) is 13.7. The van der Waals surface area contributed by atoms with Crippen LogP contribution in [0, 0.1) is 6.92 Å². The summed E-state index contributed by atoms with van der Waals surface area (Å²) in [5.74, 6) is 0.942. The minimum atomic E-state index is 0.108. The number of aliphatic hydroxyl groups excluding tert-OH is 1. The van der Waals surface area contributed by atoms with Gasteiger partial charge in [0.25, 0.3) is 0 Å². The third kappa shape index (κ3) is 3.58. The Kier molecular flexibility index (Phi) is 4.58. The Bertz CT molecular complexity index is 534. The summed E-state index contributed by atoms with van der Waals surface area (Å²) in [6.45, 7) is 2.23. The molecule has 0 saturated heterocycles. The van der Waals surface area contributed by atoms with Crippen molar-refractivity contribution >= 4 is 0 Å². The molecule has 0 aromatic heterocycles. The van der Waals surface area contributed by atoms with E-state index < -0.39 is 0 Å². The Labute approximate surface area is 114 Å². The van der Waals surface area contributed by atoms with Gasteiger partial charge in [0.1, 0.15) is 5.75 Å². The lowest BCUT2D eigenvalue weighted by Crippen LogP contribution is -2.08. The van der Waals surface area contributed by atoms with Crippen molar-refractivity contribution in [2.24, 2.45) is 0 Å². The van der Waals surface area contributed by atoms with Gasteiger partial charge < -0.3 is 9.84 Å². The van der Waals surface area contributed by atoms with Crippen LogP contribution >= 0.6 is 0 Å². The van der Waals surface area contributed by atoms with E-state index in [0.29, 0.717) is 0 Å². The Balaban J connectivity index is 2.19. The maximum Gasteiger partial charge on any atom is 0.119 e. The molecule has 2 aromatic carbocycles. The topological polar surface area (TPSA) is 29.5 Å². The van der Waals surface area contributed by atoms with E-state index in [9.17, 15) is 5.11 Å². The molecule has 2 rings (SSSR count). The van der Waals surface area contributed by atoms with E-state index in [4.69, 9.17) is 4.74 Å². The molecular formula is C17H20O2. The first kappa shape index (κ1) is 13.6. The van der Waals surface area contributed by atoms with E-state index in [0.717, 1.165) is 17.7 Å². The molecule has 1 atom stereocenters. The summed E-state index contributed by atoms with van der Waals surface area (Å²) >= 11 is 0. The van der Waals surface area contributed by atoms with Crippen LogP contribution in [0.1, 0.15) is 22.6 Å². The molecule has 2 heteroatoms. The number of hydrogen-bond acceptors (Lipinski definition) is 2. The lowest BCUT2D eigenvalue weighted by atomic mass is 9.92. The van der Waals surface area contributed by atoms with Crippen LogP contribution in [0.4, 0.5) is 0 Å². The summed E-state index contributed by atoms with van der Waals surface area (Å²) < 4.78 is 5.24. The van der Waals surface area contributed by atoms with Crippen LogP contribution in [-0.4, -0.2) is 18.8 Å². The highest BCUT2D eigenvalue weighted by Gasteiger charge is 2.12. The Morgan fingerprint density at radius 2 is 1.89 bits per heavy atom. The van der Waals surface area contributed by atoms with Gasteiger partial charge >= 0.3 is 0 Å². The van der Waals surface area contributed by atoms with Crippen LogP contribution in [0.15, 0.2) is 48.5 Å². The lowest BCUT2D eigenvalue weighted by molar-refractivity contribution is 0.264. The molecule has 1 N–H and O–H groups in total. The van der Waals surface area contributed by atoms with Crippen LogP contribution in [-0.2, 0) is 6.42 Å². The minimum Gasteiger partial charge on any atom is -0.497 e. The number of aliphatic hydroxyl groups is 1. The largest absolute Gasteiger partial charge is 0.497 e. The molecule has 0 saturated carbocycles. The fourth-order valence-corrected chi connectivity index (χ4v) is 2.31. The zero-order valence-corrected chi connectivity index (χ0v) is 11.5. The zero-order valence-electron chi connectivity index (χ0n) is 11.5. The first-order chi connectivity index (χ1) is 9.22. The lowest BCUT2D eigenvalue weighted by Gasteiger charge is -2.16. The molecule has 100 valence electrons. The smallest absolute Gasteiger partial charge is 0.119 e. The van der Waals surface area contributed by atoms with Gasteiger partial charge in [0.2, 0.25) is 0 Å². The quantitative estimate of drug-likeness (QED) is 0.889. The molecule has 0 heterocycles. The first-order valence-corrected chi connectivity index (χ1v) is 6.53. The maximum absolute atomic E-state index is 9.63. The summed E-state index contributed by atoms with van der Waals surface area (Å²) in [6.07, 6.45) is 0.839. The van der Waals surface area contributed by atoms with Crippen molar-refractivity contribution in [2.45, 2.75) is 19.3 Å². The summed E-state index contributed by atoms with van der Waals surface area (Å²) in [5.41, 5.74) is 3.62. The highest BCUT2D eigenvalue weighted by molar-refractivity contribution is 5.33. The van der Waals surface area contributed by atoms with Crippen molar-refractivity contribution in [1.29, 1.82) is 0 Å². The number of benzene rings is 2. The number of rotatable bonds is 5. The molecule has 19 heavy (non-hydrogen) atoms. The number of aryl methyl sites for hydroxylation is 1. The Morgan fingerprint density at radius 1 is 1.11 bits per heavy atom. The molecule has 0 aliphatic rings. The van der Waals surface area contributed by atoms with Crippen molar-refractivity contribution < 1.29 is 9.84 Å². The van der Waals surface area contributed by atoms with E-state index in [-0.39, 0.29) is 12.5 Å². The summed E-state index contributed by atoms with van der Waals surface area (Å²) in [5, 5.41) is 9.63. The van der Waals surface area contributed by atoms with Crippen molar-refractivity contribution in [3.8, 4) is 5.75 Å². The van der Waals surface area contributed by atoms with E-state index in [1.165, 1.54) is 11.1 Å². The molecule has 0 fully saturated rings. The van der Waals surface area contributed by atoms with E-state index in [1.807, 2.05) is 24.3 Å². The number of hydrogen-bond donors (Lipinski definition) is 1. The van der Waals surface area contributed by atoms with Crippen molar-refractivity contribution in [2.75, 3.05) is 13.7 Å². The third-order valence-corrected chi connectivity index (χ3v) is 3.35. The second-order valence-electron chi connectivity index (χ2n) is 4.85. The average Bonchev–Trinajstić information content (AvgIpc) is 2.45. The highest BCUT2D eigenvalue weighted by atomic mass is 16.5. The highest BCUT2D eigenvalue weighted by Crippen LogP contribution is 2.24. The van der Waals surface area contributed by atoms with Crippen LogP contribution in [0.2, 0.25) is 0 Å². The predicted molar refractivity (Wildman–Crippen MR) is 77.7 cm³/mol. The number of ether oxygens (including phenoxy) is 1. The van der Waals surface area contributed by atoms with Gasteiger partial charge in [-0.2, -0.15) is 0 Å². The van der Waals surface area contributed by atoms with Gasteiger partial charge in [-0.3, -0.25) is 0 Å². The molecule has 0 aliphatic heterocycles. The van der Waals surface area contributed by atoms with Crippen LogP contribution in [0.25, 0.3) is 0 Å². The minimum absolute atomic E-state index is 0.108.